The van der Waals surface area contributed by atoms with Gasteiger partial charge in [-0.25, -0.2) is 0 Å². The van der Waals surface area contributed by atoms with Gasteiger partial charge in [-0.1, -0.05) is 12.1 Å². The number of benzene rings is 1. The van der Waals surface area contributed by atoms with E-state index in [0.29, 0.717) is 0 Å². The van der Waals surface area contributed by atoms with Gasteiger partial charge in [0.05, 0.1) is 12.8 Å². The van der Waals surface area contributed by atoms with Gasteiger partial charge in [-0.05, 0) is 23.8 Å². The van der Waals surface area contributed by atoms with Gasteiger partial charge in [0, 0.05) is 6.07 Å². The van der Waals surface area contributed by atoms with Gasteiger partial charge in [-0.3, -0.25) is 0 Å². The molecule has 1 N–H and O–H groups in total. The summed E-state index contributed by atoms with van der Waals surface area (Å²) < 4.78 is 45.1. The van der Waals surface area contributed by atoms with Crippen molar-refractivity contribution in [3.63, 3.8) is 0 Å². The Morgan fingerprint density at radius 1 is 1.14 bits per heavy atom. The molecule has 8 heteroatoms. The second-order valence-corrected chi connectivity index (χ2v) is 4.02. The Balaban J connectivity index is 2.22. The number of ether oxygens (including phenoxy) is 2. The highest BCUT2D eigenvalue weighted by Crippen LogP contribution is 2.27. The molecule has 0 aliphatic rings. The molecule has 0 radical (unpaired) electrons. The summed E-state index contributed by atoms with van der Waals surface area (Å²) in [6.45, 7) is 0. The lowest BCUT2D eigenvalue weighted by molar-refractivity contribution is -0.274. The van der Waals surface area contributed by atoms with E-state index in [-0.39, 0.29) is 17.1 Å². The molecule has 0 aliphatic carbocycles. The number of aliphatic hydroxyl groups excluding tert-OH is 1. The topological polar surface area (TPSA) is 64.5 Å². The second-order valence-electron chi connectivity index (χ2n) is 4.02. The molecule has 0 spiro atoms. The van der Waals surface area contributed by atoms with Crippen LogP contribution < -0.4 is 9.47 Å². The normalized spacial score (nSPS) is 12.8. The number of hydrogen-bond donors (Lipinski definition) is 1. The Labute approximate surface area is 118 Å². The molecule has 112 valence electrons. The molecule has 2 aromatic rings. The third-order valence-corrected chi connectivity index (χ3v) is 2.56. The van der Waals surface area contributed by atoms with Gasteiger partial charge in [0.2, 0.25) is 5.88 Å². The van der Waals surface area contributed by atoms with Crippen LogP contribution in [0.4, 0.5) is 13.2 Å². The van der Waals surface area contributed by atoms with Crippen LogP contribution in [0.1, 0.15) is 17.4 Å². The first-order chi connectivity index (χ1) is 9.89. The number of methoxy groups -OCH3 is 1. The van der Waals surface area contributed by atoms with Crippen LogP contribution >= 0.6 is 0 Å². The molecule has 0 aliphatic heterocycles. The van der Waals surface area contributed by atoms with Gasteiger partial charge >= 0.3 is 6.36 Å². The van der Waals surface area contributed by atoms with Crippen LogP contribution in [0.15, 0.2) is 36.4 Å². The predicted molar refractivity (Wildman–Crippen MR) is 65.8 cm³/mol. The average Bonchev–Trinajstić information content (AvgIpc) is 2.45. The highest BCUT2D eigenvalue weighted by atomic mass is 19.4. The number of alkyl halides is 3. The van der Waals surface area contributed by atoms with E-state index in [1.807, 2.05) is 0 Å². The first-order valence-corrected chi connectivity index (χ1v) is 5.80. The van der Waals surface area contributed by atoms with Crippen molar-refractivity contribution in [2.45, 2.75) is 12.5 Å². The summed E-state index contributed by atoms with van der Waals surface area (Å²) in [5.74, 6) is -0.152. The molecule has 21 heavy (non-hydrogen) atoms. The van der Waals surface area contributed by atoms with E-state index >= 15 is 0 Å². The van der Waals surface area contributed by atoms with E-state index in [1.165, 1.54) is 31.4 Å². The van der Waals surface area contributed by atoms with Gasteiger partial charge in [-0.2, -0.15) is 0 Å². The largest absolute Gasteiger partial charge is 0.573 e. The van der Waals surface area contributed by atoms with Crippen LogP contribution in [0.5, 0.6) is 11.6 Å². The molecule has 0 fully saturated rings. The molecule has 1 unspecified atom stereocenters. The highest BCUT2D eigenvalue weighted by Gasteiger charge is 2.31. The SMILES string of the molecule is COc1ccc(C(O)c2cccc(OC(F)(F)F)c2)nn1. The van der Waals surface area contributed by atoms with Crippen molar-refractivity contribution in [2.24, 2.45) is 0 Å². The molecule has 0 saturated carbocycles. The Bertz CT molecular complexity index is 602. The van der Waals surface area contributed by atoms with E-state index < -0.39 is 18.2 Å². The van der Waals surface area contributed by atoms with E-state index in [9.17, 15) is 18.3 Å². The van der Waals surface area contributed by atoms with Crippen LogP contribution in [-0.2, 0) is 0 Å². The summed E-state index contributed by atoms with van der Waals surface area (Å²) in [5, 5.41) is 17.5. The van der Waals surface area contributed by atoms with E-state index in [4.69, 9.17) is 4.74 Å². The van der Waals surface area contributed by atoms with Gasteiger partial charge < -0.3 is 14.6 Å². The predicted octanol–water partition coefficient (Wildman–Crippen LogP) is 2.47. The quantitative estimate of drug-likeness (QED) is 0.939. The third-order valence-electron chi connectivity index (χ3n) is 2.56. The molecule has 1 heterocycles. The number of aliphatic hydroxyl groups is 1. The van der Waals surface area contributed by atoms with Crippen molar-refractivity contribution in [1.82, 2.24) is 10.2 Å². The van der Waals surface area contributed by atoms with E-state index in [2.05, 4.69) is 14.9 Å². The summed E-state index contributed by atoms with van der Waals surface area (Å²) in [7, 11) is 1.41. The van der Waals surface area contributed by atoms with Crippen molar-refractivity contribution in [2.75, 3.05) is 7.11 Å². The minimum Gasteiger partial charge on any atom is -0.480 e. The minimum absolute atomic E-state index is 0.181. The molecule has 1 aromatic heterocycles. The number of nitrogens with zero attached hydrogens (tertiary/aromatic N) is 2. The van der Waals surface area contributed by atoms with Crippen molar-refractivity contribution >= 4 is 0 Å². The molecule has 1 aromatic carbocycles. The fraction of sp³-hybridized carbons (Fsp3) is 0.231. The molecule has 0 bridgehead atoms. The molecule has 1 atom stereocenters. The van der Waals surface area contributed by atoms with Gasteiger partial charge in [0.25, 0.3) is 0 Å². The maximum atomic E-state index is 12.2. The highest BCUT2D eigenvalue weighted by molar-refractivity contribution is 5.33. The molecule has 2 rings (SSSR count). The zero-order valence-corrected chi connectivity index (χ0v) is 10.8. The molecule has 0 amide bonds. The number of hydrogen-bond acceptors (Lipinski definition) is 5. The Morgan fingerprint density at radius 2 is 1.90 bits per heavy atom. The lowest BCUT2D eigenvalue weighted by Crippen LogP contribution is -2.17. The maximum absolute atomic E-state index is 12.2. The molecule has 0 saturated heterocycles. The minimum atomic E-state index is -4.79. The summed E-state index contributed by atoms with van der Waals surface area (Å²) >= 11 is 0. The Morgan fingerprint density at radius 3 is 2.48 bits per heavy atom. The fourth-order valence-electron chi connectivity index (χ4n) is 1.64. The number of rotatable bonds is 4. The Kier molecular flexibility index (Phi) is 4.27. The lowest BCUT2D eigenvalue weighted by atomic mass is 10.1. The molecular weight excluding hydrogens is 289 g/mol. The number of halogens is 3. The first-order valence-electron chi connectivity index (χ1n) is 5.80. The third kappa shape index (κ3) is 4.06. The van der Waals surface area contributed by atoms with E-state index in [0.717, 1.165) is 12.1 Å². The van der Waals surface area contributed by atoms with Crippen LogP contribution in [0.3, 0.4) is 0 Å². The van der Waals surface area contributed by atoms with Crippen molar-refractivity contribution in [1.29, 1.82) is 0 Å². The zero-order valence-electron chi connectivity index (χ0n) is 10.8. The zero-order chi connectivity index (χ0) is 15.5. The van der Waals surface area contributed by atoms with Crippen molar-refractivity contribution < 1.29 is 27.8 Å². The van der Waals surface area contributed by atoms with Crippen LogP contribution in [-0.4, -0.2) is 28.8 Å². The van der Waals surface area contributed by atoms with Crippen molar-refractivity contribution in [3.8, 4) is 11.6 Å². The summed E-state index contributed by atoms with van der Waals surface area (Å²) in [4.78, 5) is 0. The fourth-order valence-corrected chi connectivity index (χ4v) is 1.64. The van der Waals surface area contributed by atoms with Crippen LogP contribution in [0.2, 0.25) is 0 Å². The summed E-state index contributed by atoms with van der Waals surface area (Å²) in [6.07, 6.45) is -6.01. The van der Waals surface area contributed by atoms with Gasteiger partial charge in [0.1, 0.15) is 11.9 Å². The standard InChI is InChI=1S/C13H11F3N2O3/c1-20-11-6-5-10(17-18-11)12(19)8-3-2-4-9(7-8)21-13(14,15)16/h2-7,12,19H,1H3. The lowest BCUT2D eigenvalue weighted by Gasteiger charge is -2.13. The maximum Gasteiger partial charge on any atom is 0.573 e. The van der Waals surface area contributed by atoms with Crippen LogP contribution in [0, 0.1) is 0 Å². The second kappa shape index (κ2) is 5.96. The van der Waals surface area contributed by atoms with Crippen molar-refractivity contribution in [3.05, 3.63) is 47.7 Å². The first kappa shape index (κ1) is 15.0. The number of aromatic nitrogens is 2. The summed E-state index contributed by atoms with van der Waals surface area (Å²) in [5.41, 5.74) is 0.385. The Hall–Kier alpha value is -2.35. The van der Waals surface area contributed by atoms with E-state index in [1.54, 1.807) is 0 Å². The monoisotopic (exact) mass is 300 g/mol. The smallest absolute Gasteiger partial charge is 0.480 e. The van der Waals surface area contributed by atoms with Crippen LogP contribution in [0.25, 0.3) is 0 Å². The molecule has 5 nitrogen and oxygen atoms in total. The van der Waals surface area contributed by atoms with Gasteiger partial charge in [0.15, 0.2) is 0 Å². The molecular formula is C13H11F3N2O3. The summed E-state index contributed by atoms with van der Waals surface area (Å²) in [6, 6.07) is 7.99. The van der Waals surface area contributed by atoms with Gasteiger partial charge in [-0.15, -0.1) is 23.4 Å². The average molecular weight is 300 g/mol.